The van der Waals surface area contributed by atoms with Gasteiger partial charge in [0, 0.05) is 36.1 Å². The van der Waals surface area contributed by atoms with Crippen molar-refractivity contribution in [3.63, 3.8) is 0 Å². The van der Waals surface area contributed by atoms with Crippen molar-refractivity contribution < 1.29 is 4.74 Å². The molecule has 3 rings (SSSR count). The Morgan fingerprint density at radius 1 is 1.40 bits per heavy atom. The van der Waals surface area contributed by atoms with E-state index in [2.05, 4.69) is 40.4 Å². The molecule has 0 saturated carbocycles. The number of thioether (sulfide) groups is 1. The first kappa shape index (κ1) is 14.1. The SMILES string of the molecule is CSc1ccc(CN2CCO[C@H](c3nccs3)C2)cc1. The van der Waals surface area contributed by atoms with Crippen molar-refractivity contribution >= 4 is 23.1 Å². The van der Waals surface area contributed by atoms with E-state index in [9.17, 15) is 0 Å². The highest BCUT2D eigenvalue weighted by Gasteiger charge is 2.23. The van der Waals surface area contributed by atoms with E-state index < -0.39 is 0 Å². The summed E-state index contributed by atoms with van der Waals surface area (Å²) in [7, 11) is 0. The number of nitrogens with zero attached hydrogens (tertiary/aromatic N) is 2. The molecule has 0 amide bonds. The number of rotatable bonds is 4. The lowest BCUT2D eigenvalue weighted by Crippen LogP contribution is -2.37. The first-order valence-electron chi connectivity index (χ1n) is 6.71. The van der Waals surface area contributed by atoms with Crippen molar-refractivity contribution in [1.29, 1.82) is 0 Å². The van der Waals surface area contributed by atoms with E-state index in [-0.39, 0.29) is 6.10 Å². The zero-order valence-corrected chi connectivity index (χ0v) is 13.1. The van der Waals surface area contributed by atoms with E-state index in [0.717, 1.165) is 31.2 Å². The van der Waals surface area contributed by atoms with Crippen LogP contribution < -0.4 is 0 Å². The minimum Gasteiger partial charge on any atom is -0.368 e. The second kappa shape index (κ2) is 6.72. The molecule has 0 N–H and O–H groups in total. The predicted octanol–water partition coefficient (Wildman–Crippen LogP) is 3.44. The van der Waals surface area contributed by atoms with Crippen LogP contribution in [0.15, 0.2) is 40.7 Å². The first-order valence-corrected chi connectivity index (χ1v) is 8.82. The molecule has 0 aliphatic carbocycles. The number of ether oxygens (including phenoxy) is 1. The maximum atomic E-state index is 5.83. The smallest absolute Gasteiger partial charge is 0.123 e. The Morgan fingerprint density at radius 3 is 2.95 bits per heavy atom. The molecule has 1 aliphatic rings. The fourth-order valence-corrected chi connectivity index (χ4v) is 3.46. The van der Waals surface area contributed by atoms with Gasteiger partial charge < -0.3 is 4.74 Å². The first-order chi connectivity index (χ1) is 9.85. The maximum Gasteiger partial charge on any atom is 0.123 e. The molecular formula is C15H18N2OS2. The number of benzene rings is 1. The number of thiazole rings is 1. The fraction of sp³-hybridized carbons (Fsp3) is 0.400. The van der Waals surface area contributed by atoms with Crippen LogP contribution in [0, 0.1) is 0 Å². The minimum absolute atomic E-state index is 0.134. The summed E-state index contributed by atoms with van der Waals surface area (Å²) < 4.78 is 5.83. The average molecular weight is 306 g/mol. The van der Waals surface area contributed by atoms with Crippen molar-refractivity contribution in [2.24, 2.45) is 0 Å². The second-order valence-electron chi connectivity index (χ2n) is 4.81. The van der Waals surface area contributed by atoms with Crippen LogP contribution >= 0.6 is 23.1 Å². The highest BCUT2D eigenvalue weighted by atomic mass is 32.2. The molecule has 0 radical (unpaired) electrons. The highest BCUT2D eigenvalue weighted by molar-refractivity contribution is 7.98. The molecule has 1 atom stereocenters. The number of aromatic nitrogens is 1. The Balaban J connectivity index is 1.62. The lowest BCUT2D eigenvalue weighted by Gasteiger charge is -2.32. The molecule has 1 saturated heterocycles. The largest absolute Gasteiger partial charge is 0.368 e. The van der Waals surface area contributed by atoms with E-state index in [1.807, 2.05) is 11.6 Å². The molecule has 1 aliphatic heterocycles. The number of hydrogen-bond acceptors (Lipinski definition) is 5. The molecule has 5 heteroatoms. The molecule has 1 fully saturated rings. The van der Waals surface area contributed by atoms with Gasteiger partial charge in [0.15, 0.2) is 0 Å². The minimum atomic E-state index is 0.134. The van der Waals surface area contributed by atoms with Crippen molar-refractivity contribution in [2.75, 3.05) is 26.0 Å². The summed E-state index contributed by atoms with van der Waals surface area (Å²) in [5.41, 5.74) is 1.36. The van der Waals surface area contributed by atoms with Gasteiger partial charge in [-0.15, -0.1) is 23.1 Å². The third-order valence-electron chi connectivity index (χ3n) is 3.44. The summed E-state index contributed by atoms with van der Waals surface area (Å²) in [5.74, 6) is 0. The van der Waals surface area contributed by atoms with Crippen LogP contribution in [-0.4, -0.2) is 35.8 Å². The summed E-state index contributed by atoms with van der Waals surface area (Å²) in [6.45, 7) is 3.69. The molecule has 0 bridgehead atoms. The molecule has 1 aromatic carbocycles. The van der Waals surface area contributed by atoms with Gasteiger partial charge in [0.1, 0.15) is 11.1 Å². The molecule has 0 spiro atoms. The van der Waals surface area contributed by atoms with Crippen molar-refractivity contribution in [3.8, 4) is 0 Å². The second-order valence-corrected chi connectivity index (χ2v) is 6.62. The van der Waals surface area contributed by atoms with Crippen LogP contribution in [0.1, 0.15) is 16.7 Å². The molecule has 2 aromatic rings. The van der Waals surface area contributed by atoms with Gasteiger partial charge >= 0.3 is 0 Å². The summed E-state index contributed by atoms with van der Waals surface area (Å²) in [6, 6.07) is 8.83. The van der Waals surface area contributed by atoms with Gasteiger partial charge in [-0.3, -0.25) is 4.90 Å². The van der Waals surface area contributed by atoms with E-state index >= 15 is 0 Å². The summed E-state index contributed by atoms with van der Waals surface area (Å²) in [6.07, 6.45) is 4.09. The van der Waals surface area contributed by atoms with E-state index in [1.54, 1.807) is 23.1 Å². The van der Waals surface area contributed by atoms with Gasteiger partial charge in [-0.1, -0.05) is 12.1 Å². The Labute approximate surface area is 128 Å². The lowest BCUT2D eigenvalue weighted by atomic mass is 10.2. The standard InChI is InChI=1S/C15H18N2OS2/c1-19-13-4-2-12(3-5-13)10-17-7-8-18-14(11-17)15-16-6-9-20-15/h2-6,9,14H,7-8,10-11H2,1H3/t14-/m0/s1. The molecule has 0 unspecified atom stereocenters. The van der Waals surface area contributed by atoms with Gasteiger partial charge in [0.05, 0.1) is 6.61 Å². The molecule has 3 nitrogen and oxygen atoms in total. The maximum absolute atomic E-state index is 5.83. The van der Waals surface area contributed by atoms with Crippen LogP contribution in [0.4, 0.5) is 0 Å². The van der Waals surface area contributed by atoms with Crippen LogP contribution in [0.5, 0.6) is 0 Å². The topological polar surface area (TPSA) is 25.4 Å². The van der Waals surface area contributed by atoms with Crippen molar-refractivity contribution in [1.82, 2.24) is 9.88 Å². The normalized spacial score (nSPS) is 20.1. The third-order valence-corrected chi connectivity index (χ3v) is 5.05. The number of morpholine rings is 1. The average Bonchev–Trinajstić information content (AvgIpc) is 3.03. The van der Waals surface area contributed by atoms with Crippen LogP contribution in [-0.2, 0) is 11.3 Å². The van der Waals surface area contributed by atoms with Crippen LogP contribution in [0.2, 0.25) is 0 Å². The van der Waals surface area contributed by atoms with Gasteiger partial charge in [-0.25, -0.2) is 4.98 Å². The Kier molecular flexibility index (Phi) is 4.73. The zero-order chi connectivity index (χ0) is 13.8. The molecular weight excluding hydrogens is 288 g/mol. The molecule has 106 valence electrons. The third kappa shape index (κ3) is 3.41. The molecule has 20 heavy (non-hydrogen) atoms. The van der Waals surface area contributed by atoms with Crippen LogP contribution in [0.3, 0.4) is 0 Å². The predicted molar refractivity (Wildman–Crippen MR) is 84.3 cm³/mol. The Bertz CT molecular complexity index is 527. The van der Waals surface area contributed by atoms with E-state index in [1.165, 1.54) is 10.5 Å². The highest BCUT2D eigenvalue weighted by Crippen LogP contribution is 2.25. The lowest BCUT2D eigenvalue weighted by molar-refractivity contribution is -0.0330. The number of hydrogen-bond donors (Lipinski definition) is 0. The molecule has 2 heterocycles. The monoisotopic (exact) mass is 306 g/mol. The Hall–Kier alpha value is -0.880. The van der Waals surface area contributed by atoms with Crippen molar-refractivity contribution in [2.45, 2.75) is 17.5 Å². The van der Waals surface area contributed by atoms with Crippen molar-refractivity contribution in [3.05, 3.63) is 46.4 Å². The quantitative estimate of drug-likeness (QED) is 0.808. The van der Waals surface area contributed by atoms with Gasteiger partial charge in [0.25, 0.3) is 0 Å². The Morgan fingerprint density at radius 2 is 2.25 bits per heavy atom. The summed E-state index contributed by atoms with van der Waals surface area (Å²) >= 11 is 3.46. The van der Waals surface area contributed by atoms with E-state index in [0.29, 0.717) is 0 Å². The fourth-order valence-electron chi connectivity index (χ4n) is 2.38. The van der Waals surface area contributed by atoms with Gasteiger partial charge in [-0.2, -0.15) is 0 Å². The van der Waals surface area contributed by atoms with Crippen LogP contribution in [0.25, 0.3) is 0 Å². The van der Waals surface area contributed by atoms with Gasteiger partial charge in [0.2, 0.25) is 0 Å². The molecule has 1 aromatic heterocycles. The summed E-state index contributed by atoms with van der Waals surface area (Å²) in [4.78, 5) is 8.13. The zero-order valence-electron chi connectivity index (χ0n) is 11.5. The summed E-state index contributed by atoms with van der Waals surface area (Å²) in [5, 5.41) is 3.10. The van der Waals surface area contributed by atoms with E-state index in [4.69, 9.17) is 4.74 Å². The van der Waals surface area contributed by atoms with Gasteiger partial charge in [-0.05, 0) is 24.0 Å².